The van der Waals surface area contributed by atoms with E-state index >= 15 is 0 Å². The Bertz CT molecular complexity index is 1690. The number of alkyl carbamates (subject to hydrolysis) is 1. The molecule has 0 radical (unpaired) electrons. The molecule has 0 saturated heterocycles. The summed E-state index contributed by atoms with van der Waals surface area (Å²) in [6.07, 6.45) is 0.334. The Kier molecular flexibility index (Phi) is 18.0. The third-order valence-corrected chi connectivity index (χ3v) is 9.10. The minimum atomic E-state index is -1.32. The summed E-state index contributed by atoms with van der Waals surface area (Å²) in [6.45, 7) is 13.0. The quantitative estimate of drug-likeness (QED) is 0.0977. The van der Waals surface area contributed by atoms with E-state index in [-0.39, 0.29) is 43.6 Å². The zero-order valence-corrected chi connectivity index (χ0v) is 33.7. The van der Waals surface area contributed by atoms with Crippen molar-refractivity contribution in [3.05, 3.63) is 102 Å². The van der Waals surface area contributed by atoms with Crippen molar-refractivity contribution >= 4 is 29.7 Å². The predicted molar refractivity (Wildman–Crippen MR) is 215 cm³/mol. The molecule has 0 unspecified atom stereocenters. The number of aromatic nitrogens is 1. The Morgan fingerprint density at radius 3 is 1.80 bits per heavy atom. The predicted octanol–water partition coefficient (Wildman–Crippen LogP) is 4.37. The van der Waals surface area contributed by atoms with Crippen LogP contribution in [0.15, 0.2) is 85.1 Å². The highest BCUT2D eigenvalue weighted by atomic mass is 16.6. The molecule has 0 saturated carbocycles. The first kappa shape index (κ1) is 45.1. The van der Waals surface area contributed by atoms with Crippen LogP contribution in [-0.2, 0) is 43.3 Å². The Hall–Kier alpha value is -5.30. The van der Waals surface area contributed by atoms with Crippen molar-refractivity contribution in [1.29, 1.82) is 0 Å². The van der Waals surface area contributed by atoms with E-state index in [0.29, 0.717) is 18.5 Å². The monoisotopic (exact) mass is 772 g/mol. The van der Waals surface area contributed by atoms with Crippen LogP contribution in [0, 0.1) is 11.8 Å². The lowest BCUT2D eigenvalue weighted by atomic mass is 9.95. The molecule has 3 rings (SSSR count). The molecular formula is C43H60N6O7. The van der Waals surface area contributed by atoms with E-state index in [1.807, 2.05) is 94.4 Å². The molecule has 1 aromatic heterocycles. The Labute approximate surface area is 331 Å². The summed E-state index contributed by atoms with van der Waals surface area (Å²) >= 11 is 0. The van der Waals surface area contributed by atoms with E-state index in [1.165, 1.54) is 0 Å². The molecule has 13 heteroatoms. The van der Waals surface area contributed by atoms with Crippen LogP contribution in [-0.4, -0.2) is 75.7 Å². The summed E-state index contributed by atoms with van der Waals surface area (Å²) in [4.78, 5) is 71.8. The number of aliphatic hydroxyl groups is 1. The van der Waals surface area contributed by atoms with E-state index in [1.54, 1.807) is 39.1 Å². The van der Waals surface area contributed by atoms with Gasteiger partial charge in [-0.2, -0.15) is 0 Å². The van der Waals surface area contributed by atoms with Crippen LogP contribution in [0.4, 0.5) is 4.79 Å². The van der Waals surface area contributed by atoms with Gasteiger partial charge in [0.15, 0.2) is 0 Å². The maximum atomic E-state index is 14.1. The number of aliphatic hydroxyl groups excluding tert-OH is 1. The van der Waals surface area contributed by atoms with Gasteiger partial charge in [0, 0.05) is 19.0 Å². The summed E-state index contributed by atoms with van der Waals surface area (Å²) in [5.74, 6) is -2.29. The smallest absolute Gasteiger partial charge is 0.408 e. The first-order valence-corrected chi connectivity index (χ1v) is 19.4. The number of carbonyl (C=O) groups is 5. The molecule has 2 aromatic carbocycles. The summed E-state index contributed by atoms with van der Waals surface area (Å²) in [5, 5.41) is 25.5. The van der Waals surface area contributed by atoms with Gasteiger partial charge in [-0.25, -0.2) is 4.79 Å². The zero-order valence-electron chi connectivity index (χ0n) is 33.7. The summed E-state index contributed by atoms with van der Waals surface area (Å²) < 4.78 is 5.44. The van der Waals surface area contributed by atoms with Gasteiger partial charge in [0.2, 0.25) is 23.6 Å². The first-order valence-electron chi connectivity index (χ1n) is 19.4. The maximum absolute atomic E-state index is 14.1. The number of ether oxygens (including phenoxy) is 1. The number of nitrogens with zero attached hydrogens (tertiary/aromatic N) is 1. The molecule has 0 aliphatic carbocycles. The van der Waals surface area contributed by atoms with Crippen LogP contribution >= 0.6 is 0 Å². The molecule has 1 heterocycles. The Morgan fingerprint density at radius 2 is 1.29 bits per heavy atom. The van der Waals surface area contributed by atoms with E-state index in [9.17, 15) is 29.1 Å². The van der Waals surface area contributed by atoms with Gasteiger partial charge in [0.25, 0.3) is 0 Å². The second-order valence-electron chi connectivity index (χ2n) is 15.6. The van der Waals surface area contributed by atoms with Crippen molar-refractivity contribution in [1.82, 2.24) is 31.6 Å². The third-order valence-electron chi connectivity index (χ3n) is 9.10. The van der Waals surface area contributed by atoms with Gasteiger partial charge in [-0.3, -0.25) is 24.2 Å². The van der Waals surface area contributed by atoms with Gasteiger partial charge in [-0.1, -0.05) is 101 Å². The summed E-state index contributed by atoms with van der Waals surface area (Å²) in [6, 6.07) is 19.8. The van der Waals surface area contributed by atoms with Crippen molar-refractivity contribution in [3.63, 3.8) is 0 Å². The number of amides is 5. The highest BCUT2D eigenvalue weighted by Crippen LogP contribution is 2.15. The minimum absolute atomic E-state index is 0.0127. The molecule has 0 bridgehead atoms. The highest BCUT2D eigenvalue weighted by Gasteiger charge is 2.33. The molecule has 13 nitrogen and oxygen atoms in total. The molecule has 304 valence electrons. The highest BCUT2D eigenvalue weighted by molar-refractivity contribution is 5.92. The summed E-state index contributed by atoms with van der Waals surface area (Å²) in [5.41, 5.74) is 1.42. The molecule has 0 spiro atoms. The minimum Gasteiger partial charge on any atom is -0.444 e. The SMILES string of the molecule is CC[C@H](C)[C@H](NC(=O)C[C@H](O)[C@H](CC(C)C)NC(=O)[C@H](Cc1ccccc1)NC(=O)[C@H](Cc1ccccc1)NC(=O)OC(C)(C)C)C(=O)NCc1ccccn1. The van der Waals surface area contributed by atoms with Crippen molar-refractivity contribution < 1.29 is 33.8 Å². The lowest BCUT2D eigenvalue weighted by Crippen LogP contribution is -2.58. The first-order chi connectivity index (χ1) is 26.5. The van der Waals surface area contributed by atoms with Crippen molar-refractivity contribution in [2.45, 2.75) is 123 Å². The van der Waals surface area contributed by atoms with Gasteiger partial charge in [0.05, 0.1) is 30.8 Å². The molecular weight excluding hydrogens is 713 g/mol. The van der Waals surface area contributed by atoms with Gasteiger partial charge in [0.1, 0.15) is 23.7 Å². The second-order valence-corrected chi connectivity index (χ2v) is 15.6. The molecule has 56 heavy (non-hydrogen) atoms. The number of pyridine rings is 1. The average Bonchev–Trinajstić information content (AvgIpc) is 3.15. The number of hydrogen-bond acceptors (Lipinski definition) is 8. The number of benzene rings is 2. The second kappa shape index (κ2) is 22.3. The average molecular weight is 773 g/mol. The Balaban J connectivity index is 1.79. The van der Waals surface area contributed by atoms with Gasteiger partial charge in [-0.15, -0.1) is 0 Å². The standard InChI is InChI=1S/C43H60N6O7/c1-8-29(4)38(41(54)45-27-32-21-15-16-22-44-32)49-37(51)26-36(50)33(23-28(2)3)46-39(52)34(24-30-17-11-9-12-18-30)47-40(53)35(25-31-19-13-10-14-20-31)48-42(55)56-43(5,6)7/h9-22,28-29,33-36,38,50H,8,23-27H2,1-7H3,(H,45,54)(H,46,52)(H,47,53)(H,48,55)(H,49,51)/t29-,33-,34-,35-,36-,38-/m0/s1. The maximum Gasteiger partial charge on any atom is 0.408 e. The van der Waals surface area contributed by atoms with E-state index in [2.05, 4.69) is 31.6 Å². The molecule has 3 aromatic rings. The number of nitrogens with one attached hydrogen (secondary N) is 5. The fourth-order valence-corrected chi connectivity index (χ4v) is 6.00. The lowest BCUT2D eigenvalue weighted by Gasteiger charge is -2.30. The number of carbonyl (C=O) groups excluding carboxylic acids is 5. The largest absolute Gasteiger partial charge is 0.444 e. The summed E-state index contributed by atoms with van der Waals surface area (Å²) in [7, 11) is 0. The molecule has 0 aliphatic heterocycles. The van der Waals surface area contributed by atoms with Gasteiger partial charge in [-0.05, 0) is 62.3 Å². The molecule has 6 N–H and O–H groups in total. The Morgan fingerprint density at radius 1 is 0.732 bits per heavy atom. The van der Waals surface area contributed by atoms with Crippen LogP contribution in [0.25, 0.3) is 0 Å². The molecule has 5 amide bonds. The van der Waals surface area contributed by atoms with Crippen LogP contribution in [0.1, 0.15) is 84.5 Å². The van der Waals surface area contributed by atoms with Crippen molar-refractivity contribution in [2.75, 3.05) is 0 Å². The lowest BCUT2D eigenvalue weighted by molar-refractivity contribution is -0.132. The van der Waals surface area contributed by atoms with Crippen molar-refractivity contribution in [2.24, 2.45) is 11.8 Å². The molecule has 0 fully saturated rings. The molecule has 6 atom stereocenters. The number of hydrogen-bond donors (Lipinski definition) is 6. The van der Waals surface area contributed by atoms with Crippen LogP contribution in [0.5, 0.6) is 0 Å². The van der Waals surface area contributed by atoms with Gasteiger partial charge >= 0.3 is 6.09 Å². The van der Waals surface area contributed by atoms with E-state index in [4.69, 9.17) is 4.74 Å². The fourth-order valence-electron chi connectivity index (χ4n) is 6.00. The van der Waals surface area contributed by atoms with Crippen LogP contribution in [0.2, 0.25) is 0 Å². The van der Waals surface area contributed by atoms with E-state index < -0.39 is 59.7 Å². The molecule has 0 aliphatic rings. The van der Waals surface area contributed by atoms with Gasteiger partial charge < -0.3 is 36.4 Å². The fraction of sp³-hybridized carbons (Fsp3) is 0.488. The number of rotatable bonds is 20. The third kappa shape index (κ3) is 16.2. The zero-order chi connectivity index (χ0) is 41.3. The normalized spacial score (nSPS) is 14.6. The van der Waals surface area contributed by atoms with Crippen LogP contribution < -0.4 is 26.6 Å². The topological polar surface area (TPSA) is 188 Å². The van der Waals surface area contributed by atoms with Crippen LogP contribution in [0.3, 0.4) is 0 Å². The van der Waals surface area contributed by atoms with E-state index in [0.717, 1.165) is 11.1 Å². The van der Waals surface area contributed by atoms with Crippen molar-refractivity contribution in [3.8, 4) is 0 Å².